The molecule has 0 aromatic heterocycles. The molecule has 0 heterocycles. The highest BCUT2D eigenvalue weighted by Crippen LogP contribution is 2.36. The fourth-order valence-corrected chi connectivity index (χ4v) is 3.27. The van der Waals surface area contributed by atoms with Gasteiger partial charge in [-0.1, -0.05) is 42.5 Å². The summed E-state index contributed by atoms with van der Waals surface area (Å²) in [5.41, 5.74) is 2.58. The molecule has 0 N–H and O–H groups in total. The number of rotatable bonds is 3. The number of allylic oxidation sites excluding steroid dienone is 1. The molecule has 0 bridgehead atoms. The van der Waals surface area contributed by atoms with Crippen LogP contribution < -0.4 is 0 Å². The molecule has 2 aromatic rings. The SMILES string of the molecule is C=CC1CC[C](c2ccc(-c3ccc(C)c(F)c3F)cc2)CC1. The van der Waals surface area contributed by atoms with Gasteiger partial charge in [0.15, 0.2) is 11.6 Å². The summed E-state index contributed by atoms with van der Waals surface area (Å²) in [5, 5.41) is 0. The molecule has 1 saturated carbocycles. The summed E-state index contributed by atoms with van der Waals surface area (Å²) in [6.45, 7) is 5.44. The average molecular weight is 311 g/mol. The fraction of sp³-hybridized carbons (Fsp3) is 0.286. The van der Waals surface area contributed by atoms with E-state index in [4.69, 9.17) is 0 Å². The molecular formula is C21H21F2. The van der Waals surface area contributed by atoms with Crippen molar-refractivity contribution in [1.82, 2.24) is 0 Å². The Morgan fingerprint density at radius 3 is 2.13 bits per heavy atom. The minimum atomic E-state index is -0.767. The van der Waals surface area contributed by atoms with Gasteiger partial charge in [-0.2, -0.15) is 0 Å². The summed E-state index contributed by atoms with van der Waals surface area (Å²) in [5.74, 6) is 0.549. The van der Waals surface area contributed by atoms with Crippen molar-refractivity contribution in [2.45, 2.75) is 32.6 Å². The van der Waals surface area contributed by atoms with E-state index in [9.17, 15) is 8.78 Å². The van der Waals surface area contributed by atoms with Gasteiger partial charge in [0.25, 0.3) is 0 Å². The first-order valence-corrected chi connectivity index (χ1v) is 8.13. The highest BCUT2D eigenvalue weighted by atomic mass is 19.2. The first-order valence-electron chi connectivity index (χ1n) is 8.13. The molecule has 0 nitrogen and oxygen atoms in total. The fourth-order valence-electron chi connectivity index (χ4n) is 3.27. The molecule has 0 aliphatic heterocycles. The van der Waals surface area contributed by atoms with E-state index in [1.165, 1.54) is 11.5 Å². The lowest BCUT2D eigenvalue weighted by atomic mass is 9.78. The lowest BCUT2D eigenvalue weighted by Gasteiger charge is -2.26. The molecule has 1 fully saturated rings. The van der Waals surface area contributed by atoms with Crippen molar-refractivity contribution < 1.29 is 8.78 Å². The van der Waals surface area contributed by atoms with Crippen molar-refractivity contribution in [3.8, 4) is 11.1 Å². The molecule has 1 aliphatic rings. The Labute approximate surface area is 136 Å². The van der Waals surface area contributed by atoms with Crippen LogP contribution in [0, 0.1) is 30.4 Å². The van der Waals surface area contributed by atoms with Gasteiger partial charge < -0.3 is 0 Å². The highest BCUT2D eigenvalue weighted by Gasteiger charge is 2.21. The first-order chi connectivity index (χ1) is 11.1. The van der Waals surface area contributed by atoms with Gasteiger partial charge in [0.1, 0.15) is 0 Å². The van der Waals surface area contributed by atoms with Crippen molar-refractivity contribution in [2.24, 2.45) is 5.92 Å². The summed E-state index contributed by atoms with van der Waals surface area (Å²) in [4.78, 5) is 0. The Kier molecular flexibility index (Phi) is 4.61. The van der Waals surface area contributed by atoms with E-state index in [-0.39, 0.29) is 0 Å². The summed E-state index contributed by atoms with van der Waals surface area (Å²) >= 11 is 0. The molecule has 1 aliphatic carbocycles. The largest absolute Gasteiger partial charge is 0.203 e. The summed E-state index contributed by atoms with van der Waals surface area (Å²) < 4.78 is 27.8. The van der Waals surface area contributed by atoms with Crippen LogP contribution in [0.5, 0.6) is 0 Å². The second kappa shape index (κ2) is 6.66. The topological polar surface area (TPSA) is 0 Å². The van der Waals surface area contributed by atoms with Crippen LogP contribution in [0.4, 0.5) is 8.78 Å². The molecule has 0 saturated heterocycles. The third kappa shape index (κ3) is 3.21. The lowest BCUT2D eigenvalue weighted by Crippen LogP contribution is -2.12. The predicted molar refractivity (Wildman–Crippen MR) is 91.0 cm³/mol. The van der Waals surface area contributed by atoms with Gasteiger partial charge in [0.2, 0.25) is 0 Å². The van der Waals surface area contributed by atoms with E-state index >= 15 is 0 Å². The van der Waals surface area contributed by atoms with Crippen LogP contribution in [0.3, 0.4) is 0 Å². The number of halogens is 2. The molecule has 2 aromatic carbocycles. The maximum Gasteiger partial charge on any atom is 0.166 e. The second-order valence-electron chi connectivity index (χ2n) is 6.31. The molecule has 0 amide bonds. The van der Waals surface area contributed by atoms with Crippen LogP contribution >= 0.6 is 0 Å². The van der Waals surface area contributed by atoms with E-state index < -0.39 is 11.6 Å². The van der Waals surface area contributed by atoms with Crippen molar-refractivity contribution in [3.05, 3.63) is 77.7 Å². The van der Waals surface area contributed by atoms with E-state index in [2.05, 4.69) is 12.7 Å². The minimum absolute atomic E-state index is 0.319. The van der Waals surface area contributed by atoms with Crippen LogP contribution in [0.1, 0.15) is 36.8 Å². The molecular weight excluding hydrogens is 290 g/mol. The first kappa shape index (κ1) is 15.9. The van der Waals surface area contributed by atoms with E-state index in [0.29, 0.717) is 22.6 Å². The summed E-state index contributed by atoms with van der Waals surface area (Å²) in [6.07, 6.45) is 6.53. The van der Waals surface area contributed by atoms with Crippen molar-refractivity contribution in [2.75, 3.05) is 0 Å². The van der Waals surface area contributed by atoms with Gasteiger partial charge in [-0.15, -0.1) is 6.58 Å². The number of benzene rings is 2. The molecule has 0 spiro atoms. The second-order valence-corrected chi connectivity index (χ2v) is 6.31. The Bertz CT molecular complexity index is 693. The van der Waals surface area contributed by atoms with E-state index in [1.807, 2.05) is 24.3 Å². The Morgan fingerprint density at radius 1 is 0.913 bits per heavy atom. The highest BCUT2D eigenvalue weighted by molar-refractivity contribution is 5.65. The maximum absolute atomic E-state index is 14.1. The monoisotopic (exact) mass is 311 g/mol. The van der Waals surface area contributed by atoms with Crippen molar-refractivity contribution in [3.63, 3.8) is 0 Å². The standard InChI is InChI=1S/C21H21F2/c1-3-15-5-7-16(8-6-15)17-9-11-18(12-10-17)19-13-4-14(2)20(22)21(19)23/h3-4,9-13,15H,1,5-8H2,2H3. The zero-order chi connectivity index (χ0) is 16.4. The zero-order valence-electron chi connectivity index (χ0n) is 13.4. The molecule has 0 atom stereocenters. The van der Waals surface area contributed by atoms with Crippen LogP contribution in [-0.4, -0.2) is 0 Å². The van der Waals surface area contributed by atoms with E-state index in [1.54, 1.807) is 19.1 Å². The summed E-state index contributed by atoms with van der Waals surface area (Å²) in [7, 11) is 0. The van der Waals surface area contributed by atoms with Gasteiger partial charge in [0, 0.05) is 11.5 Å². The van der Waals surface area contributed by atoms with Gasteiger partial charge >= 0.3 is 0 Å². The number of hydrogen-bond acceptors (Lipinski definition) is 0. The van der Waals surface area contributed by atoms with Gasteiger partial charge in [-0.25, -0.2) is 8.78 Å². The minimum Gasteiger partial charge on any atom is -0.203 e. The predicted octanol–water partition coefficient (Wildman–Crippen LogP) is 6.24. The quantitative estimate of drug-likeness (QED) is 0.589. The third-order valence-electron chi connectivity index (χ3n) is 4.85. The molecule has 1 radical (unpaired) electrons. The Hall–Kier alpha value is -1.96. The molecule has 2 heteroatoms. The van der Waals surface area contributed by atoms with Gasteiger partial charge in [0.05, 0.1) is 0 Å². The van der Waals surface area contributed by atoms with Crippen molar-refractivity contribution >= 4 is 0 Å². The molecule has 3 rings (SSSR count). The Balaban J connectivity index is 1.80. The van der Waals surface area contributed by atoms with E-state index in [0.717, 1.165) is 25.7 Å². The molecule has 0 unspecified atom stereocenters. The number of aryl methyl sites for hydroxylation is 1. The van der Waals surface area contributed by atoms with Gasteiger partial charge in [-0.05, 0) is 55.2 Å². The maximum atomic E-state index is 14.1. The van der Waals surface area contributed by atoms with Crippen LogP contribution in [0.2, 0.25) is 0 Å². The normalized spacial score (nSPS) is 16.5. The third-order valence-corrected chi connectivity index (χ3v) is 4.85. The molecule has 23 heavy (non-hydrogen) atoms. The summed E-state index contributed by atoms with van der Waals surface area (Å²) in [6, 6.07) is 11.1. The molecule has 119 valence electrons. The van der Waals surface area contributed by atoms with Crippen LogP contribution in [0.15, 0.2) is 49.1 Å². The van der Waals surface area contributed by atoms with Crippen molar-refractivity contribution in [1.29, 1.82) is 0 Å². The average Bonchev–Trinajstić information content (AvgIpc) is 2.60. The van der Waals surface area contributed by atoms with Crippen LogP contribution in [-0.2, 0) is 0 Å². The van der Waals surface area contributed by atoms with Crippen LogP contribution in [0.25, 0.3) is 11.1 Å². The smallest absolute Gasteiger partial charge is 0.166 e. The zero-order valence-corrected chi connectivity index (χ0v) is 13.4. The Morgan fingerprint density at radius 2 is 1.52 bits per heavy atom. The number of hydrogen-bond donors (Lipinski definition) is 0. The lowest BCUT2D eigenvalue weighted by molar-refractivity contribution is 0.456. The van der Waals surface area contributed by atoms with Gasteiger partial charge in [-0.3, -0.25) is 0 Å².